The van der Waals surface area contributed by atoms with Gasteiger partial charge in [0.1, 0.15) is 0 Å². The molecule has 3 heteroatoms. The van der Waals surface area contributed by atoms with Crippen molar-refractivity contribution in [3.8, 4) is 0 Å². The molecule has 2 aliphatic rings. The lowest BCUT2D eigenvalue weighted by atomic mass is 10.1. The van der Waals surface area contributed by atoms with E-state index in [1.165, 1.54) is 38.5 Å². The van der Waals surface area contributed by atoms with E-state index < -0.39 is 0 Å². The van der Waals surface area contributed by atoms with Gasteiger partial charge in [0.05, 0.1) is 10.5 Å². The quantitative estimate of drug-likeness (QED) is 0.700. The maximum absolute atomic E-state index is 5.79. The van der Waals surface area contributed by atoms with Crippen LogP contribution in [0.2, 0.25) is 0 Å². The molecule has 0 unspecified atom stereocenters. The highest BCUT2D eigenvalue weighted by atomic mass is 32.1. The Labute approximate surface area is 85.5 Å². The van der Waals surface area contributed by atoms with Gasteiger partial charge in [-0.3, -0.25) is 4.90 Å². The second kappa shape index (κ2) is 3.21. The first-order valence-electron chi connectivity index (χ1n) is 5.20. The molecule has 2 N–H and O–H groups in total. The average Bonchev–Trinajstić information content (AvgIpc) is 2.74. The maximum Gasteiger partial charge on any atom is 0.0934 e. The summed E-state index contributed by atoms with van der Waals surface area (Å²) in [6, 6.07) is 0.740. The molecular weight excluding hydrogens is 180 g/mol. The van der Waals surface area contributed by atoms with Gasteiger partial charge < -0.3 is 5.73 Å². The molecule has 0 aromatic heterocycles. The molecule has 0 radical (unpaired) electrons. The molecule has 0 amide bonds. The van der Waals surface area contributed by atoms with Crippen LogP contribution >= 0.6 is 12.2 Å². The number of hydrogen-bond acceptors (Lipinski definition) is 2. The zero-order valence-electron chi connectivity index (χ0n) is 8.25. The van der Waals surface area contributed by atoms with Crippen molar-refractivity contribution in [2.24, 2.45) is 5.73 Å². The fourth-order valence-electron chi connectivity index (χ4n) is 2.53. The third kappa shape index (κ3) is 1.48. The van der Waals surface area contributed by atoms with Crippen molar-refractivity contribution in [1.82, 2.24) is 4.90 Å². The first-order chi connectivity index (χ1) is 6.17. The van der Waals surface area contributed by atoms with Crippen LogP contribution in [0.25, 0.3) is 0 Å². The molecule has 0 heterocycles. The van der Waals surface area contributed by atoms with Crippen LogP contribution in [0.15, 0.2) is 0 Å². The summed E-state index contributed by atoms with van der Waals surface area (Å²) in [4.78, 5) is 3.16. The Hall–Kier alpha value is -0.150. The topological polar surface area (TPSA) is 29.3 Å². The fourth-order valence-corrected chi connectivity index (χ4v) is 2.88. The van der Waals surface area contributed by atoms with Gasteiger partial charge in [-0.1, -0.05) is 25.1 Å². The number of nitrogens with zero attached hydrogens (tertiary/aromatic N) is 1. The highest BCUT2D eigenvalue weighted by Crippen LogP contribution is 2.44. The number of rotatable bonds is 3. The monoisotopic (exact) mass is 198 g/mol. The smallest absolute Gasteiger partial charge is 0.0934 e. The highest BCUT2D eigenvalue weighted by Gasteiger charge is 2.51. The van der Waals surface area contributed by atoms with Gasteiger partial charge in [0.25, 0.3) is 0 Å². The van der Waals surface area contributed by atoms with Crippen molar-refractivity contribution in [3.05, 3.63) is 0 Å². The number of thiocarbonyl (C=S) groups is 1. The second-order valence-electron chi connectivity index (χ2n) is 4.45. The molecule has 0 aromatic rings. The minimum atomic E-state index is 0.115. The highest BCUT2D eigenvalue weighted by molar-refractivity contribution is 7.80. The molecule has 2 fully saturated rings. The van der Waals surface area contributed by atoms with E-state index >= 15 is 0 Å². The molecule has 2 rings (SSSR count). The molecular formula is C10H18N2S. The van der Waals surface area contributed by atoms with E-state index in [4.69, 9.17) is 18.0 Å². The molecule has 2 aliphatic carbocycles. The zero-order chi connectivity index (χ0) is 9.47. The van der Waals surface area contributed by atoms with Crippen LogP contribution in [-0.4, -0.2) is 28.5 Å². The van der Waals surface area contributed by atoms with Crippen molar-refractivity contribution in [2.75, 3.05) is 7.05 Å². The molecule has 0 aliphatic heterocycles. The van der Waals surface area contributed by atoms with E-state index in [1.54, 1.807) is 0 Å². The van der Waals surface area contributed by atoms with Gasteiger partial charge in [0.2, 0.25) is 0 Å². The van der Waals surface area contributed by atoms with Crippen LogP contribution in [0, 0.1) is 0 Å². The summed E-state index contributed by atoms with van der Waals surface area (Å²) in [6.45, 7) is 0. The molecule has 2 nitrogen and oxygen atoms in total. The van der Waals surface area contributed by atoms with Gasteiger partial charge in [-0.25, -0.2) is 0 Å². The van der Waals surface area contributed by atoms with Crippen LogP contribution < -0.4 is 5.73 Å². The molecule has 0 saturated heterocycles. The lowest BCUT2D eigenvalue weighted by molar-refractivity contribution is 0.202. The van der Waals surface area contributed by atoms with E-state index in [-0.39, 0.29) is 5.54 Å². The van der Waals surface area contributed by atoms with Crippen molar-refractivity contribution < 1.29 is 0 Å². The Morgan fingerprint density at radius 1 is 1.38 bits per heavy atom. The predicted octanol–water partition coefficient (Wildman–Crippen LogP) is 1.68. The molecule has 74 valence electrons. The van der Waals surface area contributed by atoms with Crippen molar-refractivity contribution in [2.45, 2.75) is 50.1 Å². The fraction of sp³-hybridized carbons (Fsp3) is 0.900. The van der Waals surface area contributed by atoms with Gasteiger partial charge >= 0.3 is 0 Å². The minimum absolute atomic E-state index is 0.115. The van der Waals surface area contributed by atoms with Crippen molar-refractivity contribution in [3.63, 3.8) is 0 Å². The van der Waals surface area contributed by atoms with Gasteiger partial charge in [-0.15, -0.1) is 0 Å². The van der Waals surface area contributed by atoms with Crippen LogP contribution in [0.1, 0.15) is 38.5 Å². The first-order valence-corrected chi connectivity index (χ1v) is 5.60. The maximum atomic E-state index is 5.79. The third-order valence-corrected chi connectivity index (χ3v) is 4.11. The molecule has 0 bridgehead atoms. The Morgan fingerprint density at radius 2 is 1.92 bits per heavy atom. The lowest BCUT2D eigenvalue weighted by Gasteiger charge is -2.32. The van der Waals surface area contributed by atoms with Gasteiger partial charge in [-0.2, -0.15) is 0 Å². The molecule has 13 heavy (non-hydrogen) atoms. The summed E-state index contributed by atoms with van der Waals surface area (Å²) in [5.41, 5.74) is 5.91. The Kier molecular flexibility index (Phi) is 2.32. The Morgan fingerprint density at radius 3 is 2.31 bits per heavy atom. The number of nitrogens with two attached hydrogens (primary N) is 1. The lowest BCUT2D eigenvalue weighted by Crippen LogP contribution is -2.48. The number of hydrogen-bond donors (Lipinski definition) is 1. The van der Waals surface area contributed by atoms with E-state index in [0.29, 0.717) is 4.99 Å². The van der Waals surface area contributed by atoms with E-state index in [1.807, 2.05) is 0 Å². The Bertz CT molecular complexity index is 217. The second-order valence-corrected chi connectivity index (χ2v) is 4.88. The third-order valence-electron chi connectivity index (χ3n) is 3.73. The van der Waals surface area contributed by atoms with E-state index in [0.717, 1.165) is 6.04 Å². The normalized spacial score (nSPS) is 26.6. The van der Waals surface area contributed by atoms with Crippen molar-refractivity contribution in [1.29, 1.82) is 0 Å². The summed E-state index contributed by atoms with van der Waals surface area (Å²) in [5.74, 6) is 0. The Balaban J connectivity index is 2.03. The van der Waals surface area contributed by atoms with Gasteiger partial charge in [-0.05, 0) is 32.7 Å². The van der Waals surface area contributed by atoms with Crippen LogP contribution in [0.3, 0.4) is 0 Å². The number of likely N-dealkylation sites (N-methyl/N-ethyl adjacent to an activating group) is 1. The van der Waals surface area contributed by atoms with E-state index in [2.05, 4.69) is 11.9 Å². The average molecular weight is 198 g/mol. The summed E-state index contributed by atoms with van der Waals surface area (Å²) in [6.07, 6.45) is 7.78. The zero-order valence-corrected chi connectivity index (χ0v) is 9.07. The largest absolute Gasteiger partial charge is 0.392 e. The summed E-state index contributed by atoms with van der Waals surface area (Å²) in [5, 5.41) is 0. The summed E-state index contributed by atoms with van der Waals surface area (Å²) >= 11 is 5.14. The van der Waals surface area contributed by atoms with Crippen LogP contribution in [0.4, 0.5) is 0 Å². The molecule has 0 aromatic carbocycles. The van der Waals surface area contributed by atoms with Gasteiger partial charge in [0.15, 0.2) is 0 Å². The summed E-state index contributed by atoms with van der Waals surface area (Å²) < 4.78 is 0. The molecule has 0 spiro atoms. The predicted molar refractivity (Wildman–Crippen MR) is 58.8 cm³/mol. The molecule has 2 saturated carbocycles. The van der Waals surface area contributed by atoms with Crippen molar-refractivity contribution >= 4 is 17.2 Å². The van der Waals surface area contributed by atoms with Crippen LogP contribution in [0.5, 0.6) is 0 Å². The van der Waals surface area contributed by atoms with E-state index in [9.17, 15) is 0 Å². The minimum Gasteiger partial charge on any atom is -0.392 e. The standard InChI is InChI=1S/C10H18N2S/c1-12(8-4-2-3-5-8)10(6-7-10)9(11)13/h8H,2-7H2,1H3,(H2,11,13). The van der Waals surface area contributed by atoms with Crippen LogP contribution in [-0.2, 0) is 0 Å². The SMILES string of the molecule is CN(C1CCCC1)C1(C(N)=S)CC1. The molecule has 0 atom stereocenters. The van der Waals surface area contributed by atoms with Gasteiger partial charge in [0, 0.05) is 6.04 Å². The summed E-state index contributed by atoms with van der Waals surface area (Å²) in [7, 11) is 2.20. The first kappa shape index (κ1) is 9.41.